The molecule has 0 N–H and O–H groups in total. The number of anilines is 1. The topological polar surface area (TPSA) is 55.2 Å². The van der Waals surface area contributed by atoms with E-state index in [9.17, 15) is 14.0 Å². The highest BCUT2D eigenvalue weighted by Gasteiger charge is 2.45. The summed E-state index contributed by atoms with van der Waals surface area (Å²) in [4.78, 5) is 28.6. The number of halogens is 1. The van der Waals surface area contributed by atoms with Gasteiger partial charge in [-0.3, -0.25) is 14.5 Å². The normalized spacial score (nSPS) is 17.3. The first kappa shape index (κ1) is 28.7. The summed E-state index contributed by atoms with van der Waals surface area (Å²) in [7, 11) is 1.75. The van der Waals surface area contributed by atoms with Crippen LogP contribution < -0.4 is 4.90 Å². The molecule has 2 aromatic carbocycles. The molecule has 8 heteroatoms. The Hall–Kier alpha value is -2.58. The van der Waals surface area contributed by atoms with Gasteiger partial charge in [0, 0.05) is 30.5 Å². The Morgan fingerprint density at radius 2 is 1.69 bits per heavy atom. The molecular weight excluding hydrogens is 481 g/mol. The maximum atomic E-state index is 13.7. The summed E-state index contributed by atoms with van der Waals surface area (Å²) in [6.07, 6.45) is 0.0637. The van der Waals surface area contributed by atoms with E-state index >= 15 is 0 Å². The third-order valence-corrected chi connectivity index (χ3v) is 6.37. The summed E-state index contributed by atoms with van der Waals surface area (Å²) in [6, 6.07) is 13.6. The molecule has 0 fully saturated rings. The van der Waals surface area contributed by atoms with E-state index < -0.39 is 11.8 Å². The van der Waals surface area contributed by atoms with Crippen molar-refractivity contribution < 1.29 is 14.0 Å². The van der Waals surface area contributed by atoms with Crippen molar-refractivity contribution in [2.45, 2.75) is 52.5 Å². The number of carbonyl (C=O) groups is 2. The highest BCUT2D eigenvalue weighted by Crippen LogP contribution is 2.47. The van der Waals surface area contributed by atoms with E-state index in [1.807, 2.05) is 57.5 Å². The van der Waals surface area contributed by atoms with Crippen molar-refractivity contribution in [3.8, 4) is 0 Å². The van der Waals surface area contributed by atoms with Crippen molar-refractivity contribution >= 4 is 44.5 Å². The molecule has 1 aliphatic heterocycles. The van der Waals surface area contributed by atoms with Crippen molar-refractivity contribution in [3.63, 3.8) is 0 Å². The van der Waals surface area contributed by atoms with Crippen molar-refractivity contribution in [1.29, 1.82) is 0 Å². The Balaban J connectivity index is 0.00000216. The zero-order valence-corrected chi connectivity index (χ0v) is 23.0. The number of fused-ring (bicyclic) bond motifs is 1. The van der Waals surface area contributed by atoms with Gasteiger partial charge in [-0.25, -0.2) is 9.07 Å². The van der Waals surface area contributed by atoms with Crippen LogP contribution in [0.1, 0.15) is 65.9 Å². The second-order valence-electron chi connectivity index (χ2n) is 9.94. The Morgan fingerprint density at radius 3 is 2.26 bits per heavy atom. The highest BCUT2D eigenvalue weighted by atomic mass is 32.1. The second-order valence-corrected chi connectivity index (χ2v) is 9.94. The lowest BCUT2D eigenvalue weighted by Gasteiger charge is -2.38. The molecule has 0 spiro atoms. The van der Waals surface area contributed by atoms with E-state index in [4.69, 9.17) is 5.10 Å². The van der Waals surface area contributed by atoms with E-state index in [0.717, 1.165) is 28.2 Å². The number of aryl methyl sites for hydroxylation is 2. The average Bonchev–Trinajstić information content (AvgIpc) is 3.10. The third kappa shape index (κ3) is 5.33. The highest BCUT2D eigenvalue weighted by molar-refractivity contribution is 7.59. The van der Waals surface area contributed by atoms with Gasteiger partial charge in [-0.05, 0) is 58.4 Å². The number of aromatic nitrogens is 2. The molecule has 1 aliphatic rings. The lowest BCUT2D eigenvalue weighted by molar-refractivity contribution is -0.123. The van der Waals surface area contributed by atoms with Crippen LogP contribution in [-0.4, -0.2) is 28.5 Å². The number of benzene rings is 2. The van der Waals surface area contributed by atoms with Gasteiger partial charge in [0.1, 0.15) is 11.6 Å². The molecule has 3 aromatic rings. The summed E-state index contributed by atoms with van der Waals surface area (Å²) in [5.41, 5.74) is 3.77. The fourth-order valence-corrected chi connectivity index (χ4v) is 4.79. The van der Waals surface area contributed by atoms with E-state index in [-0.39, 0.29) is 56.5 Å². The lowest BCUT2D eigenvalue weighted by atomic mass is 9.74. The van der Waals surface area contributed by atoms with Crippen LogP contribution in [0, 0.1) is 25.6 Å². The summed E-state index contributed by atoms with van der Waals surface area (Å²) >= 11 is 0. The van der Waals surface area contributed by atoms with E-state index in [1.165, 1.54) is 12.1 Å². The molecule has 188 valence electrons. The zero-order valence-electron chi connectivity index (χ0n) is 21.0. The van der Waals surface area contributed by atoms with E-state index in [2.05, 4.69) is 0 Å². The first-order chi connectivity index (χ1) is 15.5. The maximum absolute atomic E-state index is 13.7. The summed E-state index contributed by atoms with van der Waals surface area (Å²) in [5.74, 6) is -0.831. The van der Waals surface area contributed by atoms with Gasteiger partial charge in [0.15, 0.2) is 5.78 Å². The minimum absolute atomic E-state index is 0. The van der Waals surface area contributed by atoms with E-state index in [0.29, 0.717) is 5.56 Å². The SMILES string of the molecule is Cc1cccc(C(=O)C[C@@H]2C(=O)N(C)c3c(c(C)nn3C(C)(C)C)[C@@H]2c2ccc(F)cc2)c1.S.S. The van der Waals surface area contributed by atoms with Crippen LogP contribution in [-0.2, 0) is 10.3 Å². The van der Waals surface area contributed by atoms with Crippen LogP contribution in [0.15, 0.2) is 48.5 Å². The van der Waals surface area contributed by atoms with Crippen molar-refractivity contribution in [3.05, 3.63) is 82.3 Å². The van der Waals surface area contributed by atoms with Gasteiger partial charge in [0.05, 0.1) is 17.2 Å². The minimum Gasteiger partial charge on any atom is -0.300 e. The van der Waals surface area contributed by atoms with Gasteiger partial charge >= 0.3 is 0 Å². The fraction of sp³-hybridized carbons (Fsp3) is 0.370. The third-order valence-electron chi connectivity index (χ3n) is 6.37. The Labute approximate surface area is 220 Å². The number of Topliss-reactive ketones (excluding diaryl/α,β-unsaturated/α-hetero) is 1. The largest absolute Gasteiger partial charge is 0.300 e. The monoisotopic (exact) mass is 515 g/mol. The van der Waals surface area contributed by atoms with Gasteiger partial charge < -0.3 is 0 Å². The average molecular weight is 516 g/mol. The van der Waals surface area contributed by atoms with Crippen LogP contribution in [0.25, 0.3) is 0 Å². The maximum Gasteiger partial charge on any atom is 0.232 e. The molecule has 0 saturated carbocycles. The standard InChI is InChI=1S/C27H30FN3O2.2H2S/c1-16-8-7-9-19(14-16)22(32)15-21-24(18-10-12-20(28)13-11-18)23-17(2)29-31(27(3,4)5)25(23)30(6)26(21)33;;/h7-14,21,24H,15H2,1-6H3;2*1H2/t21-,24+;;/m0../s1. The summed E-state index contributed by atoms with van der Waals surface area (Å²) in [5, 5.41) is 4.79. The quantitative estimate of drug-likeness (QED) is 0.424. The molecule has 1 aromatic heterocycles. The molecule has 0 aliphatic carbocycles. The molecule has 35 heavy (non-hydrogen) atoms. The molecule has 2 atom stereocenters. The number of rotatable bonds is 4. The van der Waals surface area contributed by atoms with Crippen molar-refractivity contribution in [2.75, 3.05) is 11.9 Å². The van der Waals surface area contributed by atoms with Crippen LogP contribution in [0.5, 0.6) is 0 Å². The molecule has 4 rings (SSSR count). The molecule has 0 unspecified atom stereocenters. The second kappa shape index (κ2) is 10.6. The Morgan fingerprint density at radius 1 is 1.06 bits per heavy atom. The number of ketones is 1. The zero-order chi connectivity index (χ0) is 24.1. The number of hydrogen-bond acceptors (Lipinski definition) is 3. The van der Waals surface area contributed by atoms with Crippen LogP contribution in [0.3, 0.4) is 0 Å². The van der Waals surface area contributed by atoms with E-state index in [1.54, 1.807) is 30.1 Å². The molecular formula is C27H34FN3O2S2. The predicted molar refractivity (Wildman–Crippen MR) is 148 cm³/mol. The first-order valence-electron chi connectivity index (χ1n) is 11.2. The number of amides is 1. The minimum atomic E-state index is -0.614. The van der Waals surface area contributed by atoms with Gasteiger partial charge in [0.25, 0.3) is 0 Å². The molecule has 0 bridgehead atoms. The summed E-state index contributed by atoms with van der Waals surface area (Å²) in [6.45, 7) is 9.99. The molecule has 5 nitrogen and oxygen atoms in total. The lowest BCUT2D eigenvalue weighted by Crippen LogP contribution is -2.44. The smallest absolute Gasteiger partial charge is 0.232 e. The number of nitrogens with zero attached hydrogens (tertiary/aromatic N) is 3. The fourth-order valence-electron chi connectivity index (χ4n) is 4.79. The summed E-state index contributed by atoms with van der Waals surface area (Å²) < 4.78 is 15.6. The van der Waals surface area contributed by atoms with Gasteiger partial charge in [0.2, 0.25) is 5.91 Å². The number of hydrogen-bond donors (Lipinski definition) is 0. The van der Waals surface area contributed by atoms with Crippen molar-refractivity contribution in [2.24, 2.45) is 5.92 Å². The Kier molecular flexibility index (Phi) is 8.66. The molecule has 2 heterocycles. The predicted octanol–water partition coefficient (Wildman–Crippen LogP) is 5.62. The van der Waals surface area contributed by atoms with Crippen LogP contribution in [0.4, 0.5) is 10.2 Å². The molecule has 0 radical (unpaired) electrons. The van der Waals surface area contributed by atoms with Crippen LogP contribution >= 0.6 is 27.0 Å². The first-order valence-corrected chi connectivity index (χ1v) is 11.2. The van der Waals surface area contributed by atoms with Gasteiger partial charge in [-0.15, -0.1) is 0 Å². The van der Waals surface area contributed by atoms with Gasteiger partial charge in [-0.1, -0.05) is 35.9 Å². The molecule has 0 saturated heterocycles. The Bertz CT molecular complexity index is 1230. The molecule has 1 amide bonds. The van der Waals surface area contributed by atoms with Gasteiger partial charge in [-0.2, -0.15) is 32.1 Å². The van der Waals surface area contributed by atoms with Crippen molar-refractivity contribution in [1.82, 2.24) is 9.78 Å². The van der Waals surface area contributed by atoms with Crippen LogP contribution in [0.2, 0.25) is 0 Å². The number of carbonyl (C=O) groups excluding carboxylic acids is 2.